The van der Waals surface area contributed by atoms with Crippen LogP contribution in [-0.2, 0) is 11.8 Å². The van der Waals surface area contributed by atoms with E-state index in [9.17, 15) is 4.79 Å². The third kappa shape index (κ3) is 1.93. The Morgan fingerprint density at radius 3 is 3.00 bits per heavy atom. The number of aryl methyl sites for hydroxylation is 1. The maximum Gasteiger partial charge on any atom is 0.328 e. The number of aliphatic carboxylic acids is 1. The van der Waals surface area contributed by atoms with Crippen LogP contribution in [0.3, 0.4) is 0 Å². The summed E-state index contributed by atoms with van der Waals surface area (Å²) in [5.74, 6) is -0.333. The molecule has 4 heteroatoms. The fraction of sp³-hybridized carbons (Fsp3) is 0.143. The first kappa shape index (κ1) is 7.53. The predicted octanol–water partition coefficient (Wildman–Crippen LogP) is 0.518. The van der Waals surface area contributed by atoms with Gasteiger partial charge >= 0.3 is 5.97 Å². The molecule has 0 spiro atoms. The molecule has 0 amide bonds. The molecule has 0 unspecified atom stereocenters. The van der Waals surface area contributed by atoms with Crippen LogP contribution in [0.25, 0.3) is 6.08 Å². The van der Waals surface area contributed by atoms with Crippen molar-refractivity contribution in [2.24, 2.45) is 7.05 Å². The van der Waals surface area contributed by atoms with E-state index in [0.717, 1.165) is 6.08 Å². The first-order chi connectivity index (χ1) is 5.20. The average molecular weight is 152 g/mol. The molecule has 1 aromatic heterocycles. The number of nitrogens with zero attached hydrogens (tertiary/aromatic N) is 2. The zero-order valence-electron chi connectivity index (χ0n) is 6.06. The molecule has 11 heavy (non-hydrogen) atoms. The summed E-state index contributed by atoms with van der Waals surface area (Å²) in [6.07, 6.45) is 5.87. The Morgan fingerprint density at radius 2 is 2.55 bits per heavy atom. The third-order valence-corrected chi connectivity index (χ3v) is 1.23. The molecule has 0 saturated heterocycles. The molecule has 0 aromatic carbocycles. The van der Waals surface area contributed by atoms with Crippen molar-refractivity contribution in [3.63, 3.8) is 0 Å². The van der Waals surface area contributed by atoms with Gasteiger partial charge in [0.1, 0.15) is 5.82 Å². The molecule has 0 aliphatic rings. The van der Waals surface area contributed by atoms with E-state index in [-0.39, 0.29) is 0 Å². The highest BCUT2D eigenvalue weighted by Crippen LogP contribution is 1.95. The highest BCUT2D eigenvalue weighted by molar-refractivity contribution is 5.84. The van der Waals surface area contributed by atoms with Gasteiger partial charge in [-0.3, -0.25) is 0 Å². The van der Waals surface area contributed by atoms with Gasteiger partial charge in [0.15, 0.2) is 0 Å². The topological polar surface area (TPSA) is 55.1 Å². The van der Waals surface area contributed by atoms with Crippen LogP contribution in [0.5, 0.6) is 0 Å². The van der Waals surface area contributed by atoms with Crippen LogP contribution in [0, 0.1) is 0 Å². The Bertz CT molecular complexity index is 288. The molecule has 58 valence electrons. The van der Waals surface area contributed by atoms with Crippen molar-refractivity contribution in [2.45, 2.75) is 0 Å². The normalized spacial score (nSPS) is 10.6. The van der Waals surface area contributed by atoms with Gasteiger partial charge in [-0.2, -0.15) is 0 Å². The summed E-state index contributed by atoms with van der Waals surface area (Å²) < 4.78 is 1.74. The van der Waals surface area contributed by atoms with Crippen molar-refractivity contribution in [1.82, 2.24) is 9.55 Å². The number of carboxylic acid groups (broad SMARTS) is 1. The van der Waals surface area contributed by atoms with Crippen LogP contribution in [-0.4, -0.2) is 20.6 Å². The second-order valence-corrected chi connectivity index (χ2v) is 2.07. The highest BCUT2D eigenvalue weighted by atomic mass is 16.4. The molecule has 1 rings (SSSR count). The molecular formula is C7H8N2O2. The lowest BCUT2D eigenvalue weighted by Gasteiger charge is -1.90. The van der Waals surface area contributed by atoms with Crippen molar-refractivity contribution < 1.29 is 9.90 Å². The minimum absolute atomic E-state index is 0.632. The molecule has 1 N–H and O–H groups in total. The minimum Gasteiger partial charge on any atom is -0.478 e. The van der Waals surface area contributed by atoms with Gasteiger partial charge in [0, 0.05) is 25.5 Å². The second kappa shape index (κ2) is 3.01. The number of aromatic nitrogens is 2. The average Bonchev–Trinajstić information content (AvgIpc) is 2.31. The fourth-order valence-corrected chi connectivity index (χ4v) is 0.684. The van der Waals surface area contributed by atoms with Crippen molar-refractivity contribution in [3.05, 3.63) is 24.3 Å². The highest BCUT2D eigenvalue weighted by Gasteiger charge is 1.92. The van der Waals surface area contributed by atoms with Crippen LogP contribution in [0.4, 0.5) is 0 Å². The molecule has 0 fully saturated rings. The quantitative estimate of drug-likeness (QED) is 0.628. The van der Waals surface area contributed by atoms with Gasteiger partial charge < -0.3 is 9.67 Å². The first-order valence-corrected chi connectivity index (χ1v) is 3.08. The van der Waals surface area contributed by atoms with Gasteiger partial charge in [-0.25, -0.2) is 9.78 Å². The summed E-state index contributed by atoms with van der Waals surface area (Å²) in [5, 5.41) is 8.28. The summed E-state index contributed by atoms with van der Waals surface area (Å²) in [6, 6.07) is 0. The van der Waals surface area contributed by atoms with Crippen LogP contribution >= 0.6 is 0 Å². The standard InChI is InChI=1S/C7H8N2O2/c1-9-5-4-8-6(9)2-3-7(10)11/h2-5H,1H3,(H,10,11)/b3-2+. The van der Waals surface area contributed by atoms with Gasteiger partial charge in [-0.05, 0) is 6.08 Å². The monoisotopic (exact) mass is 152 g/mol. The number of rotatable bonds is 2. The molecule has 1 heterocycles. The van der Waals surface area contributed by atoms with E-state index in [1.807, 2.05) is 0 Å². The van der Waals surface area contributed by atoms with Crippen LogP contribution in [0.15, 0.2) is 18.5 Å². The van der Waals surface area contributed by atoms with Gasteiger partial charge in [0.25, 0.3) is 0 Å². The Morgan fingerprint density at radius 1 is 1.82 bits per heavy atom. The molecule has 0 atom stereocenters. The molecule has 4 nitrogen and oxygen atoms in total. The Hall–Kier alpha value is -1.58. The molecule has 0 saturated carbocycles. The SMILES string of the molecule is Cn1ccnc1/C=C/C(=O)O. The van der Waals surface area contributed by atoms with Gasteiger partial charge in [-0.1, -0.05) is 0 Å². The van der Waals surface area contributed by atoms with E-state index in [1.165, 1.54) is 6.08 Å². The predicted molar refractivity (Wildman–Crippen MR) is 39.9 cm³/mol. The molecular weight excluding hydrogens is 144 g/mol. The lowest BCUT2D eigenvalue weighted by atomic mass is 10.5. The molecule has 0 aliphatic carbocycles. The van der Waals surface area contributed by atoms with Gasteiger partial charge in [0.2, 0.25) is 0 Å². The number of carboxylic acids is 1. The smallest absolute Gasteiger partial charge is 0.328 e. The zero-order chi connectivity index (χ0) is 8.27. The maximum absolute atomic E-state index is 10.1. The Labute approximate surface area is 63.8 Å². The fourth-order valence-electron chi connectivity index (χ4n) is 0.684. The largest absolute Gasteiger partial charge is 0.478 e. The second-order valence-electron chi connectivity index (χ2n) is 2.07. The number of hydrogen-bond acceptors (Lipinski definition) is 2. The van der Waals surface area contributed by atoms with Crippen molar-refractivity contribution in [2.75, 3.05) is 0 Å². The van der Waals surface area contributed by atoms with E-state index >= 15 is 0 Å². The Kier molecular flexibility index (Phi) is 2.06. The van der Waals surface area contributed by atoms with Gasteiger partial charge in [0.05, 0.1) is 0 Å². The van der Waals surface area contributed by atoms with Crippen LogP contribution in [0.2, 0.25) is 0 Å². The summed E-state index contributed by atoms with van der Waals surface area (Å²) >= 11 is 0. The number of carbonyl (C=O) groups is 1. The lowest BCUT2D eigenvalue weighted by Crippen LogP contribution is -1.91. The molecule has 1 aromatic rings. The lowest BCUT2D eigenvalue weighted by molar-refractivity contribution is -0.131. The summed E-state index contributed by atoms with van der Waals surface area (Å²) in [5.41, 5.74) is 0. The summed E-state index contributed by atoms with van der Waals surface area (Å²) in [6.45, 7) is 0. The van der Waals surface area contributed by atoms with E-state index < -0.39 is 5.97 Å². The zero-order valence-corrected chi connectivity index (χ0v) is 6.06. The van der Waals surface area contributed by atoms with E-state index in [0.29, 0.717) is 5.82 Å². The van der Waals surface area contributed by atoms with E-state index in [4.69, 9.17) is 5.11 Å². The maximum atomic E-state index is 10.1. The van der Waals surface area contributed by atoms with Crippen molar-refractivity contribution in [3.8, 4) is 0 Å². The van der Waals surface area contributed by atoms with Crippen LogP contribution in [0.1, 0.15) is 5.82 Å². The minimum atomic E-state index is -0.965. The summed E-state index contributed by atoms with van der Waals surface area (Å²) in [4.78, 5) is 14.0. The number of imidazole rings is 1. The number of hydrogen-bond donors (Lipinski definition) is 1. The van der Waals surface area contributed by atoms with E-state index in [1.54, 1.807) is 24.0 Å². The Balaban J connectivity index is 2.79. The summed E-state index contributed by atoms with van der Waals surface area (Å²) in [7, 11) is 1.80. The van der Waals surface area contributed by atoms with Crippen molar-refractivity contribution in [1.29, 1.82) is 0 Å². The molecule has 0 bridgehead atoms. The van der Waals surface area contributed by atoms with Crippen LogP contribution < -0.4 is 0 Å². The molecule has 0 radical (unpaired) electrons. The van der Waals surface area contributed by atoms with E-state index in [2.05, 4.69) is 4.98 Å². The molecule has 0 aliphatic heterocycles. The third-order valence-electron chi connectivity index (χ3n) is 1.23. The van der Waals surface area contributed by atoms with Gasteiger partial charge in [-0.15, -0.1) is 0 Å². The van der Waals surface area contributed by atoms with Crippen molar-refractivity contribution >= 4 is 12.0 Å². The first-order valence-electron chi connectivity index (χ1n) is 3.08.